The van der Waals surface area contributed by atoms with Crippen LogP contribution in [0, 0.1) is 5.92 Å². The molecule has 0 unspecified atom stereocenters. The first-order valence-electron chi connectivity index (χ1n) is 6.82. The Kier molecular flexibility index (Phi) is 4.66. The van der Waals surface area contributed by atoms with E-state index in [1.165, 1.54) is 26.4 Å². The average molecular weight is 263 g/mol. The number of hydrogen-bond acceptors (Lipinski definition) is 4. The third-order valence-corrected chi connectivity index (χ3v) is 3.64. The zero-order chi connectivity index (χ0) is 13.7. The highest BCUT2D eigenvalue weighted by atomic mass is 16.5. The van der Waals surface area contributed by atoms with Crippen LogP contribution in [0.25, 0.3) is 0 Å². The molecule has 0 spiro atoms. The molecule has 0 amide bonds. The topological polar surface area (TPSA) is 61.5 Å². The van der Waals surface area contributed by atoms with Gasteiger partial charge in [-0.2, -0.15) is 0 Å². The second-order valence-electron chi connectivity index (χ2n) is 5.03. The van der Waals surface area contributed by atoms with Crippen molar-refractivity contribution in [3.63, 3.8) is 0 Å². The minimum atomic E-state index is -0.352. The summed E-state index contributed by atoms with van der Waals surface area (Å²) >= 11 is 0. The molecule has 0 radical (unpaired) electrons. The van der Waals surface area contributed by atoms with E-state index in [0.29, 0.717) is 29.5 Å². The second kappa shape index (κ2) is 6.45. The zero-order valence-corrected chi connectivity index (χ0v) is 11.4. The third kappa shape index (κ3) is 3.40. The Morgan fingerprint density at radius 3 is 2.74 bits per heavy atom. The van der Waals surface area contributed by atoms with Gasteiger partial charge >= 0.3 is 5.97 Å². The van der Waals surface area contributed by atoms with Gasteiger partial charge in [0.1, 0.15) is 5.56 Å². The fraction of sp³-hybridized carbons (Fsp3) is 0.533. The Hall–Kier alpha value is -1.71. The van der Waals surface area contributed by atoms with Gasteiger partial charge in [0.25, 0.3) is 0 Å². The van der Waals surface area contributed by atoms with Crippen LogP contribution in [0.5, 0.6) is 5.75 Å². The van der Waals surface area contributed by atoms with Gasteiger partial charge in [-0.1, -0.05) is 25.3 Å². The molecule has 0 bridgehead atoms. The molecule has 0 aliphatic heterocycles. The number of para-hydroxylation sites is 1. The van der Waals surface area contributed by atoms with Crippen LogP contribution < -0.4 is 10.5 Å². The Morgan fingerprint density at radius 1 is 1.32 bits per heavy atom. The third-order valence-electron chi connectivity index (χ3n) is 3.64. The molecule has 1 fully saturated rings. The minimum Gasteiger partial charge on any atom is -0.494 e. The number of ether oxygens (including phenoxy) is 2. The lowest BCUT2D eigenvalue weighted by atomic mass is 9.90. The summed E-state index contributed by atoms with van der Waals surface area (Å²) in [5.41, 5.74) is 6.63. The number of anilines is 1. The molecule has 4 nitrogen and oxygen atoms in total. The SMILES string of the molecule is COc1c(N)cccc1C(=O)OCC1CCCCC1. The lowest BCUT2D eigenvalue weighted by Gasteiger charge is -2.21. The van der Waals surface area contributed by atoms with Gasteiger partial charge in [-0.05, 0) is 30.9 Å². The highest BCUT2D eigenvalue weighted by molar-refractivity contribution is 5.94. The van der Waals surface area contributed by atoms with Crippen LogP contribution in [0.2, 0.25) is 0 Å². The van der Waals surface area contributed by atoms with Gasteiger partial charge < -0.3 is 15.2 Å². The van der Waals surface area contributed by atoms with E-state index in [-0.39, 0.29) is 5.97 Å². The smallest absolute Gasteiger partial charge is 0.342 e. The van der Waals surface area contributed by atoms with Crippen LogP contribution in [0.4, 0.5) is 5.69 Å². The summed E-state index contributed by atoms with van der Waals surface area (Å²) < 4.78 is 10.6. The van der Waals surface area contributed by atoms with E-state index < -0.39 is 0 Å². The maximum atomic E-state index is 12.1. The first-order chi connectivity index (χ1) is 9.22. The number of carbonyl (C=O) groups is 1. The predicted molar refractivity (Wildman–Crippen MR) is 74.3 cm³/mol. The van der Waals surface area contributed by atoms with Gasteiger partial charge in [0, 0.05) is 0 Å². The molecular weight excluding hydrogens is 242 g/mol. The molecule has 1 aliphatic carbocycles. The van der Waals surface area contributed by atoms with Gasteiger partial charge in [0.05, 0.1) is 19.4 Å². The Labute approximate surface area is 113 Å². The van der Waals surface area contributed by atoms with Crippen LogP contribution in [0.3, 0.4) is 0 Å². The first-order valence-corrected chi connectivity index (χ1v) is 6.82. The molecule has 1 aromatic carbocycles. The van der Waals surface area contributed by atoms with Crippen molar-refractivity contribution in [2.75, 3.05) is 19.5 Å². The summed E-state index contributed by atoms with van der Waals surface area (Å²) in [4.78, 5) is 12.1. The van der Waals surface area contributed by atoms with Crippen molar-refractivity contribution in [3.05, 3.63) is 23.8 Å². The van der Waals surface area contributed by atoms with Gasteiger partial charge in [-0.15, -0.1) is 0 Å². The van der Waals surface area contributed by atoms with Gasteiger partial charge in [-0.25, -0.2) is 4.79 Å². The van der Waals surface area contributed by atoms with E-state index in [4.69, 9.17) is 15.2 Å². The Bertz CT molecular complexity index is 439. The Morgan fingerprint density at radius 2 is 2.05 bits per heavy atom. The molecular formula is C15H21NO3. The fourth-order valence-corrected chi connectivity index (χ4v) is 2.57. The molecule has 19 heavy (non-hydrogen) atoms. The quantitative estimate of drug-likeness (QED) is 0.670. The van der Waals surface area contributed by atoms with E-state index in [2.05, 4.69) is 0 Å². The molecule has 0 saturated heterocycles. The van der Waals surface area contributed by atoms with Gasteiger partial charge in [0.2, 0.25) is 0 Å². The Balaban J connectivity index is 1.97. The maximum absolute atomic E-state index is 12.1. The summed E-state index contributed by atoms with van der Waals surface area (Å²) in [6, 6.07) is 5.12. The highest BCUT2D eigenvalue weighted by Gasteiger charge is 2.19. The molecule has 1 saturated carbocycles. The van der Waals surface area contributed by atoms with Crippen molar-refractivity contribution in [2.24, 2.45) is 5.92 Å². The maximum Gasteiger partial charge on any atom is 0.342 e. The lowest BCUT2D eigenvalue weighted by Crippen LogP contribution is -2.17. The largest absolute Gasteiger partial charge is 0.494 e. The molecule has 2 rings (SSSR count). The molecule has 0 atom stereocenters. The number of carbonyl (C=O) groups excluding carboxylic acids is 1. The van der Waals surface area contributed by atoms with Crippen molar-refractivity contribution in [1.82, 2.24) is 0 Å². The first kappa shape index (κ1) is 13.7. The average Bonchev–Trinajstić information content (AvgIpc) is 2.45. The van der Waals surface area contributed by atoms with Crippen LogP contribution >= 0.6 is 0 Å². The molecule has 0 aromatic heterocycles. The molecule has 104 valence electrons. The summed E-state index contributed by atoms with van der Waals surface area (Å²) in [6.07, 6.45) is 6.09. The van der Waals surface area contributed by atoms with Crippen LogP contribution in [0.15, 0.2) is 18.2 Å². The molecule has 4 heteroatoms. The van der Waals surface area contributed by atoms with E-state index in [9.17, 15) is 4.79 Å². The standard InChI is InChI=1S/C15H21NO3/c1-18-14-12(8-5-9-13(14)16)15(17)19-10-11-6-3-2-4-7-11/h5,8-9,11H,2-4,6-7,10,16H2,1H3. The van der Waals surface area contributed by atoms with Crippen molar-refractivity contribution >= 4 is 11.7 Å². The predicted octanol–water partition coefficient (Wildman–Crippen LogP) is 3.01. The van der Waals surface area contributed by atoms with Gasteiger partial charge in [0.15, 0.2) is 5.75 Å². The number of nitrogens with two attached hydrogens (primary N) is 1. The number of benzene rings is 1. The second-order valence-corrected chi connectivity index (χ2v) is 5.03. The number of hydrogen-bond donors (Lipinski definition) is 1. The van der Waals surface area contributed by atoms with Gasteiger partial charge in [-0.3, -0.25) is 0 Å². The van der Waals surface area contributed by atoms with Crippen molar-refractivity contribution < 1.29 is 14.3 Å². The highest BCUT2D eigenvalue weighted by Crippen LogP contribution is 2.28. The number of methoxy groups -OCH3 is 1. The summed E-state index contributed by atoms with van der Waals surface area (Å²) in [5.74, 6) is 0.552. The van der Waals surface area contributed by atoms with Crippen molar-refractivity contribution in [1.29, 1.82) is 0 Å². The van der Waals surface area contributed by atoms with Crippen molar-refractivity contribution in [3.8, 4) is 5.75 Å². The van der Waals surface area contributed by atoms with E-state index in [1.54, 1.807) is 18.2 Å². The van der Waals surface area contributed by atoms with Crippen LogP contribution in [-0.4, -0.2) is 19.7 Å². The zero-order valence-electron chi connectivity index (χ0n) is 11.4. The van der Waals surface area contributed by atoms with Crippen LogP contribution in [0.1, 0.15) is 42.5 Å². The number of nitrogen functional groups attached to an aromatic ring is 1. The lowest BCUT2D eigenvalue weighted by molar-refractivity contribution is 0.0407. The number of rotatable bonds is 4. The summed E-state index contributed by atoms with van der Waals surface area (Å²) in [7, 11) is 1.50. The summed E-state index contributed by atoms with van der Waals surface area (Å²) in [5, 5.41) is 0. The van der Waals surface area contributed by atoms with Crippen molar-refractivity contribution in [2.45, 2.75) is 32.1 Å². The molecule has 0 heterocycles. The molecule has 1 aliphatic rings. The molecule has 1 aromatic rings. The fourth-order valence-electron chi connectivity index (χ4n) is 2.57. The molecule has 2 N–H and O–H groups in total. The van der Waals surface area contributed by atoms with Crippen LogP contribution in [-0.2, 0) is 4.74 Å². The van der Waals surface area contributed by atoms with E-state index in [1.807, 2.05) is 0 Å². The monoisotopic (exact) mass is 263 g/mol. The van der Waals surface area contributed by atoms with E-state index in [0.717, 1.165) is 12.8 Å². The normalized spacial score (nSPS) is 16.1. The number of esters is 1. The summed E-state index contributed by atoms with van der Waals surface area (Å²) in [6.45, 7) is 0.497. The minimum absolute atomic E-state index is 0.352. The van der Waals surface area contributed by atoms with E-state index >= 15 is 0 Å².